The molecule has 0 fully saturated rings. The van der Waals surface area contributed by atoms with Crippen LogP contribution in [0.3, 0.4) is 0 Å². The number of nitrogens with zero attached hydrogens (tertiary/aromatic N) is 5. The molecule has 0 aliphatic heterocycles. The fourth-order valence-electron chi connectivity index (χ4n) is 2.90. The van der Waals surface area contributed by atoms with Crippen LogP contribution < -0.4 is 0 Å². The third kappa shape index (κ3) is 2.34. The molecule has 0 unspecified atom stereocenters. The van der Waals surface area contributed by atoms with Gasteiger partial charge in [0.25, 0.3) is 0 Å². The highest BCUT2D eigenvalue weighted by Gasteiger charge is 2.17. The van der Waals surface area contributed by atoms with Crippen molar-refractivity contribution in [2.75, 3.05) is 0 Å². The van der Waals surface area contributed by atoms with E-state index in [-0.39, 0.29) is 0 Å². The first-order valence-electron chi connectivity index (χ1n) is 7.82. The van der Waals surface area contributed by atoms with E-state index in [1.54, 1.807) is 12.4 Å². The molecule has 0 saturated heterocycles. The predicted octanol–water partition coefficient (Wildman–Crippen LogP) is 3.71. The summed E-state index contributed by atoms with van der Waals surface area (Å²) in [6.07, 6.45) is 3.42. The van der Waals surface area contributed by atoms with Gasteiger partial charge in [0.2, 0.25) is 0 Å². The van der Waals surface area contributed by atoms with Crippen LogP contribution in [0, 0.1) is 13.8 Å². The maximum Gasteiger partial charge on any atom is 0.115 e. The van der Waals surface area contributed by atoms with Gasteiger partial charge < -0.3 is 4.57 Å². The summed E-state index contributed by atoms with van der Waals surface area (Å²) in [5, 5.41) is 0. The molecular weight excluding hydrogens is 298 g/mol. The Morgan fingerprint density at radius 1 is 0.875 bits per heavy atom. The van der Waals surface area contributed by atoms with Gasteiger partial charge in [-0.15, -0.1) is 0 Å². The van der Waals surface area contributed by atoms with E-state index in [1.807, 2.05) is 45.2 Å². The van der Waals surface area contributed by atoms with Crippen molar-refractivity contribution in [3.63, 3.8) is 0 Å². The lowest BCUT2D eigenvalue weighted by Crippen LogP contribution is -1.96. The van der Waals surface area contributed by atoms with E-state index in [0.717, 1.165) is 45.2 Å². The lowest BCUT2D eigenvalue weighted by Gasteiger charge is -2.08. The molecule has 0 radical (unpaired) electrons. The van der Waals surface area contributed by atoms with Crippen LogP contribution in [0.1, 0.15) is 11.5 Å². The van der Waals surface area contributed by atoms with Crippen molar-refractivity contribution < 1.29 is 0 Å². The molecular formula is C19H17N5. The monoisotopic (exact) mass is 315 g/mol. The topological polar surface area (TPSA) is 56.5 Å². The zero-order valence-electron chi connectivity index (χ0n) is 13.9. The number of aromatic nitrogens is 5. The molecule has 24 heavy (non-hydrogen) atoms. The molecule has 0 spiro atoms. The Hall–Kier alpha value is -3.08. The van der Waals surface area contributed by atoms with Crippen LogP contribution in [0.15, 0.2) is 48.8 Å². The van der Waals surface area contributed by atoms with Gasteiger partial charge in [-0.25, -0.2) is 4.98 Å². The molecule has 1 aromatic carbocycles. The number of fused-ring (bicyclic) bond motifs is 1. The smallest absolute Gasteiger partial charge is 0.115 e. The van der Waals surface area contributed by atoms with E-state index in [0.29, 0.717) is 0 Å². The van der Waals surface area contributed by atoms with Crippen LogP contribution >= 0.6 is 0 Å². The SMILES string of the molecule is Cc1cccc(-c2nc(C)n(C)c2-c2ccc3nccnc3c2)n1. The molecule has 0 amide bonds. The molecule has 0 saturated carbocycles. The predicted molar refractivity (Wildman–Crippen MR) is 94.4 cm³/mol. The standard InChI is InChI=1S/C19H17N5/c1-12-5-4-6-16(22-12)18-19(24(3)13(2)23-18)14-7-8-15-17(11-14)21-10-9-20-15/h4-11H,1-3H3. The average molecular weight is 315 g/mol. The van der Waals surface area contributed by atoms with Gasteiger partial charge in [-0.2, -0.15) is 0 Å². The van der Waals surface area contributed by atoms with Crippen molar-refractivity contribution in [2.45, 2.75) is 13.8 Å². The minimum atomic E-state index is 0.872. The van der Waals surface area contributed by atoms with Crippen LogP contribution in [0.4, 0.5) is 0 Å². The van der Waals surface area contributed by atoms with Crippen molar-refractivity contribution >= 4 is 11.0 Å². The van der Waals surface area contributed by atoms with Gasteiger partial charge >= 0.3 is 0 Å². The Balaban J connectivity index is 1.96. The zero-order chi connectivity index (χ0) is 16.7. The van der Waals surface area contributed by atoms with E-state index < -0.39 is 0 Å². The highest BCUT2D eigenvalue weighted by molar-refractivity contribution is 5.85. The minimum absolute atomic E-state index is 0.872. The van der Waals surface area contributed by atoms with Gasteiger partial charge in [0.05, 0.1) is 22.4 Å². The van der Waals surface area contributed by atoms with Crippen molar-refractivity contribution in [1.82, 2.24) is 24.5 Å². The maximum absolute atomic E-state index is 4.74. The molecule has 5 nitrogen and oxygen atoms in total. The number of hydrogen-bond acceptors (Lipinski definition) is 4. The van der Waals surface area contributed by atoms with Crippen LogP contribution in [0.2, 0.25) is 0 Å². The Kier molecular flexibility index (Phi) is 3.34. The molecule has 0 aliphatic rings. The Morgan fingerprint density at radius 2 is 1.67 bits per heavy atom. The van der Waals surface area contributed by atoms with E-state index in [1.165, 1.54) is 0 Å². The summed E-state index contributed by atoms with van der Waals surface area (Å²) in [7, 11) is 2.03. The molecule has 5 heteroatoms. The third-order valence-electron chi connectivity index (χ3n) is 4.19. The molecule has 4 rings (SSSR count). The lowest BCUT2D eigenvalue weighted by atomic mass is 10.1. The largest absolute Gasteiger partial charge is 0.331 e. The van der Waals surface area contributed by atoms with Crippen LogP contribution in [-0.4, -0.2) is 24.5 Å². The summed E-state index contributed by atoms with van der Waals surface area (Å²) in [6, 6.07) is 12.1. The van der Waals surface area contributed by atoms with E-state index in [2.05, 4.69) is 31.7 Å². The molecule has 0 atom stereocenters. The fraction of sp³-hybridized carbons (Fsp3) is 0.158. The minimum Gasteiger partial charge on any atom is -0.331 e. The van der Waals surface area contributed by atoms with Crippen LogP contribution in [0.5, 0.6) is 0 Å². The number of imidazole rings is 1. The number of aryl methyl sites for hydroxylation is 2. The van der Waals surface area contributed by atoms with Crippen molar-refractivity contribution in [2.24, 2.45) is 7.05 Å². The van der Waals surface area contributed by atoms with E-state index in [4.69, 9.17) is 4.98 Å². The van der Waals surface area contributed by atoms with Gasteiger partial charge in [0.1, 0.15) is 11.5 Å². The van der Waals surface area contributed by atoms with Crippen molar-refractivity contribution in [3.8, 4) is 22.6 Å². The summed E-state index contributed by atoms with van der Waals surface area (Å²) >= 11 is 0. The second-order valence-corrected chi connectivity index (χ2v) is 5.84. The van der Waals surface area contributed by atoms with Crippen molar-refractivity contribution in [1.29, 1.82) is 0 Å². The Morgan fingerprint density at radius 3 is 2.46 bits per heavy atom. The number of hydrogen-bond donors (Lipinski definition) is 0. The van der Waals surface area contributed by atoms with Gasteiger partial charge in [-0.05, 0) is 38.1 Å². The highest BCUT2D eigenvalue weighted by atomic mass is 15.1. The maximum atomic E-state index is 4.74. The molecule has 3 heterocycles. The summed E-state index contributed by atoms with van der Waals surface area (Å²) in [5.74, 6) is 0.947. The zero-order valence-corrected chi connectivity index (χ0v) is 13.9. The molecule has 118 valence electrons. The van der Waals surface area contributed by atoms with Gasteiger partial charge in [-0.1, -0.05) is 12.1 Å². The molecule has 0 aliphatic carbocycles. The third-order valence-corrected chi connectivity index (χ3v) is 4.19. The van der Waals surface area contributed by atoms with Crippen LogP contribution in [-0.2, 0) is 7.05 Å². The first-order valence-corrected chi connectivity index (χ1v) is 7.82. The fourth-order valence-corrected chi connectivity index (χ4v) is 2.90. The molecule has 0 bridgehead atoms. The van der Waals surface area contributed by atoms with Crippen LogP contribution in [0.25, 0.3) is 33.7 Å². The number of benzene rings is 1. The quantitative estimate of drug-likeness (QED) is 0.566. The normalized spacial score (nSPS) is 11.1. The summed E-state index contributed by atoms with van der Waals surface area (Å²) in [6.45, 7) is 3.99. The second-order valence-electron chi connectivity index (χ2n) is 5.84. The summed E-state index contributed by atoms with van der Waals surface area (Å²) in [4.78, 5) is 18.1. The highest BCUT2D eigenvalue weighted by Crippen LogP contribution is 2.32. The number of pyridine rings is 1. The first-order chi connectivity index (χ1) is 11.6. The lowest BCUT2D eigenvalue weighted by molar-refractivity contribution is 0.865. The Bertz CT molecular complexity index is 1050. The van der Waals surface area contributed by atoms with E-state index in [9.17, 15) is 0 Å². The molecule has 3 aromatic heterocycles. The van der Waals surface area contributed by atoms with E-state index >= 15 is 0 Å². The average Bonchev–Trinajstić information content (AvgIpc) is 2.90. The van der Waals surface area contributed by atoms with Crippen molar-refractivity contribution in [3.05, 3.63) is 60.3 Å². The molecule has 4 aromatic rings. The summed E-state index contributed by atoms with van der Waals surface area (Å²) < 4.78 is 2.09. The number of rotatable bonds is 2. The Labute approximate surface area is 140 Å². The van der Waals surface area contributed by atoms with Gasteiger partial charge in [-0.3, -0.25) is 15.0 Å². The first kappa shape index (κ1) is 14.5. The second kappa shape index (κ2) is 5.53. The van der Waals surface area contributed by atoms with Gasteiger partial charge in [0, 0.05) is 30.7 Å². The molecule has 0 N–H and O–H groups in total. The summed E-state index contributed by atoms with van der Waals surface area (Å²) in [5.41, 5.74) is 6.61. The van der Waals surface area contributed by atoms with Gasteiger partial charge in [0.15, 0.2) is 0 Å².